The Morgan fingerprint density at radius 3 is 2.35 bits per heavy atom. The Bertz CT molecular complexity index is 1150. The third-order valence-electron chi connectivity index (χ3n) is 4.68. The first-order valence-corrected chi connectivity index (χ1v) is 9.71. The maximum atomic E-state index is 12.6. The summed E-state index contributed by atoms with van der Waals surface area (Å²) in [7, 11) is 0. The fourth-order valence-electron chi connectivity index (χ4n) is 3.12. The van der Waals surface area contributed by atoms with Gasteiger partial charge in [-0.3, -0.25) is 14.9 Å². The zero-order valence-corrected chi connectivity index (χ0v) is 16.7. The quantitative estimate of drug-likeness (QED) is 0.299. The Morgan fingerprint density at radius 2 is 1.68 bits per heavy atom. The second-order valence-corrected chi connectivity index (χ2v) is 6.81. The normalized spacial score (nSPS) is 13.6. The molecule has 0 aromatic heterocycles. The smallest absolute Gasteiger partial charge is 0.269 e. The molecule has 1 aliphatic rings. The molecule has 7 heteroatoms. The number of benzene rings is 3. The summed E-state index contributed by atoms with van der Waals surface area (Å²) in [5.74, 6) is 1.79. The first-order chi connectivity index (χ1) is 15.0. The van der Waals surface area contributed by atoms with Crippen LogP contribution in [0.2, 0.25) is 0 Å². The van der Waals surface area contributed by atoms with Crippen molar-refractivity contribution in [3.8, 4) is 17.2 Å². The third kappa shape index (κ3) is 4.56. The number of ether oxygens (including phenoxy) is 3. The van der Waals surface area contributed by atoms with Crippen molar-refractivity contribution < 1.29 is 23.9 Å². The molecule has 3 aromatic carbocycles. The highest BCUT2D eigenvalue weighted by atomic mass is 16.6. The second-order valence-electron chi connectivity index (χ2n) is 6.81. The van der Waals surface area contributed by atoms with Gasteiger partial charge in [0.2, 0.25) is 5.78 Å². The predicted molar refractivity (Wildman–Crippen MR) is 114 cm³/mol. The SMILES string of the molecule is CCOc1ccc(C=C2Oc3cc(OCc4ccc([N+](=O)[O-])cc4)ccc3C2=O)cc1. The minimum Gasteiger partial charge on any atom is -0.494 e. The molecular formula is C24H19NO6. The Balaban J connectivity index is 1.44. The number of non-ortho nitro benzene ring substituents is 1. The van der Waals surface area contributed by atoms with E-state index < -0.39 is 4.92 Å². The summed E-state index contributed by atoms with van der Waals surface area (Å²) in [6, 6.07) is 18.6. The molecule has 1 aliphatic heterocycles. The lowest BCUT2D eigenvalue weighted by molar-refractivity contribution is -0.384. The van der Waals surface area contributed by atoms with Gasteiger partial charge < -0.3 is 14.2 Å². The standard InChI is InChI=1S/C24H19NO6/c1-2-29-19-9-5-16(6-10-19)13-23-24(26)21-12-11-20(14-22(21)31-23)30-15-17-3-7-18(8-4-17)25(27)28/h3-14H,2,15H2,1H3. The Kier molecular flexibility index (Phi) is 5.66. The number of fused-ring (bicyclic) bond motifs is 1. The average Bonchev–Trinajstić information content (AvgIpc) is 3.08. The molecule has 0 saturated heterocycles. The Hall–Kier alpha value is -4.13. The number of rotatable bonds is 7. The molecule has 0 fully saturated rings. The van der Waals surface area contributed by atoms with Gasteiger partial charge >= 0.3 is 0 Å². The maximum Gasteiger partial charge on any atom is 0.269 e. The van der Waals surface area contributed by atoms with Crippen molar-refractivity contribution in [1.82, 2.24) is 0 Å². The third-order valence-corrected chi connectivity index (χ3v) is 4.68. The summed E-state index contributed by atoms with van der Waals surface area (Å²) in [5.41, 5.74) is 2.12. The number of allylic oxidation sites excluding steroid dienone is 1. The van der Waals surface area contributed by atoms with Gasteiger partial charge in [-0.25, -0.2) is 0 Å². The molecule has 4 rings (SSSR count). The molecule has 0 spiro atoms. The molecular weight excluding hydrogens is 398 g/mol. The molecule has 3 aromatic rings. The van der Waals surface area contributed by atoms with Crippen LogP contribution in [0.15, 0.2) is 72.5 Å². The topological polar surface area (TPSA) is 87.9 Å². The second kappa shape index (κ2) is 8.71. The van der Waals surface area contributed by atoms with E-state index in [2.05, 4.69) is 0 Å². The van der Waals surface area contributed by atoms with Crippen molar-refractivity contribution >= 4 is 17.5 Å². The van der Waals surface area contributed by atoms with Crippen LogP contribution in [0.25, 0.3) is 6.08 Å². The van der Waals surface area contributed by atoms with Crippen molar-refractivity contribution in [2.45, 2.75) is 13.5 Å². The van der Waals surface area contributed by atoms with Crippen LogP contribution in [0.5, 0.6) is 17.2 Å². The van der Waals surface area contributed by atoms with Crippen LogP contribution in [0.3, 0.4) is 0 Å². The molecule has 0 N–H and O–H groups in total. The van der Waals surface area contributed by atoms with E-state index in [1.165, 1.54) is 12.1 Å². The molecule has 0 saturated carbocycles. The molecule has 0 bridgehead atoms. The van der Waals surface area contributed by atoms with Crippen molar-refractivity contribution in [2.75, 3.05) is 6.61 Å². The number of hydrogen-bond acceptors (Lipinski definition) is 6. The molecule has 156 valence electrons. The van der Waals surface area contributed by atoms with Gasteiger partial charge in [0.25, 0.3) is 5.69 Å². The van der Waals surface area contributed by atoms with Crippen LogP contribution < -0.4 is 14.2 Å². The van der Waals surface area contributed by atoms with Crippen LogP contribution >= 0.6 is 0 Å². The fraction of sp³-hybridized carbons (Fsp3) is 0.125. The minimum atomic E-state index is -0.447. The van der Waals surface area contributed by atoms with Crippen molar-refractivity contribution in [2.24, 2.45) is 0 Å². The van der Waals surface area contributed by atoms with Gasteiger partial charge in [-0.15, -0.1) is 0 Å². The van der Waals surface area contributed by atoms with Gasteiger partial charge in [-0.05, 0) is 60.5 Å². The van der Waals surface area contributed by atoms with Gasteiger partial charge in [-0.2, -0.15) is 0 Å². The number of nitro groups is 1. The lowest BCUT2D eigenvalue weighted by atomic mass is 10.1. The number of ketones is 1. The molecule has 1 heterocycles. The first-order valence-electron chi connectivity index (χ1n) is 9.71. The number of nitrogens with zero attached hydrogens (tertiary/aromatic N) is 1. The number of hydrogen-bond donors (Lipinski definition) is 0. The summed E-state index contributed by atoms with van der Waals surface area (Å²) in [4.78, 5) is 22.9. The zero-order chi connectivity index (χ0) is 21.8. The van der Waals surface area contributed by atoms with Gasteiger partial charge in [0.1, 0.15) is 23.9 Å². The Labute approximate surface area is 178 Å². The maximum absolute atomic E-state index is 12.6. The van der Waals surface area contributed by atoms with Gasteiger partial charge in [0.05, 0.1) is 17.1 Å². The highest BCUT2D eigenvalue weighted by Gasteiger charge is 2.27. The van der Waals surface area contributed by atoms with Crippen molar-refractivity contribution in [1.29, 1.82) is 0 Å². The van der Waals surface area contributed by atoms with Gasteiger partial charge in [0, 0.05) is 18.2 Å². The molecule has 0 unspecified atom stereocenters. The van der Waals surface area contributed by atoms with Crippen LogP contribution in [-0.2, 0) is 6.61 Å². The van der Waals surface area contributed by atoms with Crippen molar-refractivity contribution in [3.05, 3.63) is 99.3 Å². The van der Waals surface area contributed by atoms with E-state index in [1.807, 2.05) is 31.2 Å². The van der Waals surface area contributed by atoms with E-state index in [1.54, 1.807) is 36.4 Å². The molecule has 7 nitrogen and oxygen atoms in total. The number of carbonyl (C=O) groups excluding carboxylic acids is 1. The first kappa shape index (κ1) is 20.2. The molecule has 0 radical (unpaired) electrons. The zero-order valence-electron chi connectivity index (χ0n) is 16.7. The largest absolute Gasteiger partial charge is 0.494 e. The van der Waals surface area contributed by atoms with Crippen LogP contribution in [0.1, 0.15) is 28.4 Å². The summed E-state index contributed by atoms with van der Waals surface area (Å²) >= 11 is 0. The van der Waals surface area contributed by atoms with E-state index in [4.69, 9.17) is 14.2 Å². The minimum absolute atomic E-state index is 0.0278. The van der Waals surface area contributed by atoms with E-state index in [-0.39, 0.29) is 23.8 Å². The molecule has 0 aliphatic carbocycles. The highest BCUT2D eigenvalue weighted by Crippen LogP contribution is 2.35. The predicted octanol–water partition coefficient (Wildman–Crippen LogP) is 5.19. The average molecular weight is 417 g/mol. The molecule has 0 amide bonds. The number of Topliss-reactive ketones (excluding diaryl/α,β-unsaturated/α-hetero) is 1. The fourth-order valence-corrected chi connectivity index (χ4v) is 3.12. The summed E-state index contributed by atoms with van der Waals surface area (Å²) in [5, 5.41) is 10.7. The molecule has 0 atom stereocenters. The number of carbonyl (C=O) groups is 1. The van der Waals surface area contributed by atoms with Gasteiger partial charge in [0.15, 0.2) is 5.76 Å². The number of nitro benzene ring substituents is 1. The lowest BCUT2D eigenvalue weighted by Gasteiger charge is -2.07. The van der Waals surface area contributed by atoms with E-state index in [9.17, 15) is 14.9 Å². The summed E-state index contributed by atoms with van der Waals surface area (Å²) in [6.07, 6.45) is 1.69. The van der Waals surface area contributed by atoms with Crippen LogP contribution in [-0.4, -0.2) is 17.3 Å². The van der Waals surface area contributed by atoms with Crippen LogP contribution in [0, 0.1) is 10.1 Å². The van der Waals surface area contributed by atoms with E-state index in [0.29, 0.717) is 23.7 Å². The summed E-state index contributed by atoms with van der Waals surface area (Å²) < 4.78 is 16.9. The van der Waals surface area contributed by atoms with Crippen molar-refractivity contribution in [3.63, 3.8) is 0 Å². The monoisotopic (exact) mass is 417 g/mol. The molecule has 31 heavy (non-hydrogen) atoms. The van der Waals surface area contributed by atoms with E-state index >= 15 is 0 Å². The lowest BCUT2D eigenvalue weighted by Crippen LogP contribution is -1.98. The Morgan fingerprint density at radius 1 is 0.968 bits per heavy atom. The highest BCUT2D eigenvalue weighted by molar-refractivity contribution is 6.14. The van der Waals surface area contributed by atoms with Crippen LogP contribution in [0.4, 0.5) is 5.69 Å². The van der Waals surface area contributed by atoms with Gasteiger partial charge in [-0.1, -0.05) is 12.1 Å². The van der Waals surface area contributed by atoms with E-state index in [0.717, 1.165) is 16.9 Å². The summed E-state index contributed by atoms with van der Waals surface area (Å²) in [6.45, 7) is 2.74.